The Morgan fingerprint density at radius 2 is 1.55 bits per heavy atom. The summed E-state index contributed by atoms with van der Waals surface area (Å²) in [4.78, 5) is 8.97. The number of hydrogen-bond donors (Lipinski definition) is 0. The largest absolute Gasteiger partial charge is 0.497 e. The summed E-state index contributed by atoms with van der Waals surface area (Å²) in [5.74, 6) is 2.32. The highest BCUT2D eigenvalue weighted by molar-refractivity contribution is 5.81. The van der Waals surface area contributed by atoms with Crippen LogP contribution in [0.15, 0.2) is 48.7 Å². The first-order valence-electron chi connectivity index (χ1n) is 6.25. The van der Waals surface area contributed by atoms with Crippen molar-refractivity contribution in [2.24, 2.45) is 0 Å². The summed E-state index contributed by atoms with van der Waals surface area (Å²) < 4.78 is 10.3. The van der Waals surface area contributed by atoms with E-state index in [0.717, 1.165) is 28.0 Å². The minimum Gasteiger partial charge on any atom is -0.497 e. The third kappa shape index (κ3) is 2.28. The van der Waals surface area contributed by atoms with E-state index in [2.05, 4.69) is 9.97 Å². The number of hydrogen-bond acceptors (Lipinski definition) is 4. The van der Waals surface area contributed by atoms with Crippen LogP contribution in [0.1, 0.15) is 0 Å². The van der Waals surface area contributed by atoms with Crippen LogP contribution in [0.5, 0.6) is 11.5 Å². The van der Waals surface area contributed by atoms with Crippen molar-refractivity contribution in [3.05, 3.63) is 48.7 Å². The molecule has 100 valence electrons. The molecule has 0 N–H and O–H groups in total. The average molecular weight is 266 g/mol. The summed E-state index contributed by atoms with van der Waals surface area (Å²) in [7, 11) is 3.29. The molecule has 0 fully saturated rings. The van der Waals surface area contributed by atoms with Gasteiger partial charge >= 0.3 is 0 Å². The lowest BCUT2D eigenvalue weighted by Crippen LogP contribution is -1.91. The first-order valence-corrected chi connectivity index (χ1v) is 6.25. The maximum absolute atomic E-state index is 5.19. The number of nitrogens with zero attached hydrogens (tertiary/aromatic N) is 2. The smallest absolute Gasteiger partial charge is 0.159 e. The normalized spacial score (nSPS) is 10.5. The number of aromatic nitrogens is 2. The second-order valence-electron chi connectivity index (χ2n) is 4.35. The summed E-state index contributed by atoms with van der Waals surface area (Å²) in [5, 5.41) is 0.960. The van der Waals surface area contributed by atoms with Crippen LogP contribution in [0.25, 0.3) is 22.3 Å². The second kappa shape index (κ2) is 5.17. The molecular weight excluding hydrogens is 252 g/mol. The van der Waals surface area contributed by atoms with Crippen LogP contribution in [-0.4, -0.2) is 24.2 Å². The average Bonchev–Trinajstić information content (AvgIpc) is 2.54. The van der Waals surface area contributed by atoms with Gasteiger partial charge in [0.15, 0.2) is 5.82 Å². The molecule has 20 heavy (non-hydrogen) atoms. The Labute approximate surface area is 117 Å². The molecule has 0 aliphatic heterocycles. The molecule has 0 spiro atoms. The molecule has 3 rings (SSSR count). The molecule has 0 bridgehead atoms. The maximum atomic E-state index is 5.19. The van der Waals surface area contributed by atoms with E-state index in [1.807, 2.05) is 48.7 Å². The third-order valence-electron chi connectivity index (χ3n) is 3.14. The Morgan fingerprint density at radius 1 is 0.850 bits per heavy atom. The van der Waals surface area contributed by atoms with E-state index in [4.69, 9.17) is 9.47 Å². The Hall–Kier alpha value is -2.62. The number of methoxy groups -OCH3 is 2. The van der Waals surface area contributed by atoms with Gasteiger partial charge in [-0.15, -0.1) is 0 Å². The van der Waals surface area contributed by atoms with Gasteiger partial charge in [0.2, 0.25) is 0 Å². The molecule has 0 unspecified atom stereocenters. The molecule has 0 saturated heterocycles. The first-order chi connectivity index (χ1) is 9.80. The van der Waals surface area contributed by atoms with Crippen molar-refractivity contribution in [3.63, 3.8) is 0 Å². The lowest BCUT2D eigenvalue weighted by molar-refractivity contribution is 0.415. The zero-order valence-electron chi connectivity index (χ0n) is 11.3. The van der Waals surface area contributed by atoms with Crippen LogP contribution < -0.4 is 9.47 Å². The van der Waals surface area contributed by atoms with E-state index in [1.54, 1.807) is 14.2 Å². The summed E-state index contributed by atoms with van der Waals surface area (Å²) >= 11 is 0. The van der Waals surface area contributed by atoms with Gasteiger partial charge in [0.25, 0.3) is 0 Å². The fraction of sp³-hybridized carbons (Fsp3) is 0.125. The first kappa shape index (κ1) is 12.4. The van der Waals surface area contributed by atoms with Crippen LogP contribution >= 0.6 is 0 Å². The SMILES string of the molecule is COc1ccc(-c2ncc3cc(OC)ccc3n2)cc1. The predicted molar refractivity (Wildman–Crippen MR) is 78.1 cm³/mol. The van der Waals surface area contributed by atoms with Gasteiger partial charge in [-0.05, 0) is 42.5 Å². The van der Waals surface area contributed by atoms with Gasteiger partial charge in [-0.2, -0.15) is 0 Å². The summed E-state index contributed by atoms with van der Waals surface area (Å²) in [6, 6.07) is 13.4. The van der Waals surface area contributed by atoms with Gasteiger partial charge in [-0.1, -0.05) is 0 Å². The fourth-order valence-corrected chi connectivity index (χ4v) is 2.02. The van der Waals surface area contributed by atoms with Crippen molar-refractivity contribution >= 4 is 10.9 Å². The van der Waals surface area contributed by atoms with Gasteiger partial charge in [-0.3, -0.25) is 0 Å². The van der Waals surface area contributed by atoms with Gasteiger partial charge in [0.1, 0.15) is 11.5 Å². The number of benzene rings is 2. The molecule has 0 aliphatic rings. The molecule has 1 heterocycles. The highest BCUT2D eigenvalue weighted by Gasteiger charge is 2.04. The summed E-state index contributed by atoms with van der Waals surface area (Å²) in [6.07, 6.45) is 1.81. The zero-order chi connectivity index (χ0) is 13.9. The van der Waals surface area contributed by atoms with E-state index >= 15 is 0 Å². The number of ether oxygens (including phenoxy) is 2. The Bertz CT molecular complexity index is 739. The van der Waals surface area contributed by atoms with Crippen molar-refractivity contribution in [2.45, 2.75) is 0 Å². The molecule has 3 aromatic rings. The molecule has 4 nitrogen and oxygen atoms in total. The van der Waals surface area contributed by atoms with Gasteiger partial charge in [0.05, 0.1) is 19.7 Å². The molecule has 0 saturated carbocycles. The van der Waals surface area contributed by atoms with Gasteiger partial charge in [0, 0.05) is 17.1 Å². The second-order valence-corrected chi connectivity index (χ2v) is 4.35. The molecular formula is C16H14N2O2. The number of rotatable bonds is 3. The van der Waals surface area contributed by atoms with Gasteiger partial charge < -0.3 is 9.47 Å². The Balaban J connectivity index is 2.03. The molecule has 0 amide bonds. The minimum atomic E-state index is 0.699. The monoisotopic (exact) mass is 266 g/mol. The zero-order valence-corrected chi connectivity index (χ0v) is 11.3. The fourth-order valence-electron chi connectivity index (χ4n) is 2.02. The van der Waals surface area contributed by atoms with Crippen LogP contribution in [0, 0.1) is 0 Å². The van der Waals surface area contributed by atoms with Crippen molar-refractivity contribution in [3.8, 4) is 22.9 Å². The van der Waals surface area contributed by atoms with Crippen LogP contribution in [0.3, 0.4) is 0 Å². The highest BCUT2D eigenvalue weighted by atomic mass is 16.5. The Morgan fingerprint density at radius 3 is 2.25 bits per heavy atom. The third-order valence-corrected chi connectivity index (χ3v) is 3.14. The summed E-state index contributed by atoms with van der Waals surface area (Å²) in [5.41, 5.74) is 1.86. The van der Waals surface area contributed by atoms with Crippen LogP contribution in [-0.2, 0) is 0 Å². The number of fused-ring (bicyclic) bond motifs is 1. The van der Waals surface area contributed by atoms with Crippen molar-refractivity contribution < 1.29 is 9.47 Å². The molecule has 0 aliphatic carbocycles. The van der Waals surface area contributed by atoms with Crippen molar-refractivity contribution in [2.75, 3.05) is 14.2 Å². The quantitative estimate of drug-likeness (QED) is 0.729. The molecule has 0 atom stereocenters. The molecule has 1 aromatic heterocycles. The maximum Gasteiger partial charge on any atom is 0.159 e. The minimum absolute atomic E-state index is 0.699. The van der Waals surface area contributed by atoms with E-state index in [-0.39, 0.29) is 0 Å². The van der Waals surface area contributed by atoms with Crippen LogP contribution in [0.2, 0.25) is 0 Å². The molecule has 2 aromatic carbocycles. The van der Waals surface area contributed by atoms with Crippen molar-refractivity contribution in [1.82, 2.24) is 9.97 Å². The summed E-state index contributed by atoms with van der Waals surface area (Å²) in [6.45, 7) is 0. The lowest BCUT2D eigenvalue weighted by Gasteiger charge is -2.05. The standard InChI is InChI=1S/C16H14N2O2/c1-19-13-5-3-11(4-6-13)16-17-10-12-9-14(20-2)7-8-15(12)18-16/h3-10H,1-2H3. The van der Waals surface area contributed by atoms with Crippen LogP contribution in [0.4, 0.5) is 0 Å². The van der Waals surface area contributed by atoms with Gasteiger partial charge in [-0.25, -0.2) is 9.97 Å². The Kier molecular flexibility index (Phi) is 3.21. The van der Waals surface area contributed by atoms with E-state index in [9.17, 15) is 0 Å². The van der Waals surface area contributed by atoms with E-state index < -0.39 is 0 Å². The molecule has 4 heteroatoms. The topological polar surface area (TPSA) is 44.2 Å². The lowest BCUT2D eigenvalue weighted by atomic mass is 10.2. The van der Waals surface area contributed by atoms with E-state index in [0.29, 0.717) is 5.82 Å². The van der Waals surface area contributed by atoms with Crippen molar-refractivity contribution in [1.29, 1.82) is 0 Å². The molecule has 0 radical (unpaired) electrons. The highest BCUT2D eigenvalue weighted by Crippen LogP contribution is 2.23. The van der Waals surface area contributed by atoms with E-state index in [1.165, 1.54) is 0 Å². The predicted octanol–water partition coefficient (Wildman–Crippen LogP) is 3.31.